The van der Waals surface area contributed by atoms with Crippen molar-refractivity contribution in [2.24, 2.45) is 40.9 Å². The summed E-state index contributed by atoms with van der Waals surface area (Å²) in [5.41, 5.74) is 2.89. The summed E-state index contributed by atoms with van der Waals surface area (Å²) < 4.78 is 0. The molecule has 0 radical (unpaired) electrons. The Morgan fingerprint density at radius 2 is 2.03 bits per heavy atom. The molecule has 29 heavy (non-hydrogen) atoms. The van der Waals surface area contributed by atoms with Crippen molar-refractivity contribution in [1.82, 2.24) is 9.97 Å². The van der Waals surface area contributed by atoms with E-state index in [4.69, 9.17) is 21.6 Å². The Morgan fingerprint density at radius 3 is 2.90 bits per heavy atom. The van der Waals surface area contributed by atoms with Crippen molar-refractivity contribution in [2.45, 2.75) is 25.8 Å². The van der Waals surface area contributed by atoms with Crippen molar-refractivity contribution in [3.8, 4) is 0 Å². The third-order valence-corrected chi connectivity index (χ3v) is 9.03. The first-order valence-electron chi connectivity index (χ1n) is 10.8. The molecule has 3 nitrogen and oxygen atoms in total. The summed E-state index contributed by atoms with van der Waals surface area (Å²) in [6.07, 6.45) is 22.4. The normalized spacial score (nSPS) is 43.9. The second-order valence-electron chi connectivity index (χ2n) is 10.1. The van der Waals surface area contributed by atoms with Crippen LogP contribution in [0.4, 0.5) is 5.95 Å². The lowest BCUT2D eigenvalue weighted by atomic mass is 9.55. The molecule has 2 fully saturated rings. The third-order valence-electron chi connectivity index (χ3n) is 8.82. The molecule has 0 aromatic carbocycles. The highest BCUT2D eigenvalue weighted by molar-refractivity contribution is 6.29. The van der Waals surface area contributed by atoms with Crippen LogP contribution in [-0.4, -0.2) is 15.5 Å². The molecule has 1 spiro atoms. The quantitative estimate of drug-likeness (QED) is 0.469. The summed E-state index contributed by atoms with van der Waals surface area (Å²) in [6, 6.07) is 1.77. The lowest BCUT2D eigenvalue weighted by molar-refractivity contribution is 0.0753. The maximum absolute atomic E-state index is 6.34. The van der Waals surface area contributed by atoms with Gasteiger partial charge < -0.3 is 0 Å². The highest BCUT2D eigenvalue weighted by Gasteiger charge is 2.69. The van der Waals surface area contributed by atoms with E-state index in [0.29, 0.717) is 40.7 Å². The van der Waals surface area contributed by atoms with Crippen LogP contribution in [0.2, 0.25) is 5.15 Å². The van der Waals surface area contributed by atoms with Crippen LogP contribution in [0.1, 0.15) is 20.3 Å². The van der Waals surface area contributed by atoms with Crippen LogP contribution in [-0.2, 0) is 0 Å². The van der Waals surface area contributed by atoms with Gasteiger partial charge in [-0.1, -0.05) is 74.1 Å². The number of hydrogen-bond acceptors (Lipinski definition) is 3. The smallest absolute Gasteiger partial charge is 0.232 e. The second-order valence-corrected chi connectivity index (χ2v) is 10.5. The number of nitrogens with zero attached hydrogens (tertiary/aromatic N) is 3. The Hall–Kier alpha value is -2.13. The Bertz CT molecular complexity index is 1090. The lowest BCUT2D eigenvalue weighted by Gasteiger charge is -2.53. The number of anilines is 1. The van der Waals surface area contributed by atoms with Crippen LogP contribution in [0, 0.1) is 40.9 Å². The highest BCUT2D eigenvalue weighted by Crippen LogP contribution is 2.71. The Morgan fingerprint density at radius 1 is 1.14 bits per heavy atom. The minimum Gasteiger partial charge on any atom is -0.300 e. The zero-order chi connectivity index (χ0) is 19.5. The van der Waals surface area contributed by atoms with Crippen LogP contribution >= 0.6 is 11.6 Å². The summed E-state index contributed by atoms with van der Waals surface area (Å²) >= 11 is 6.34. The molecule has 8 rings (SSSR count). The Labute approximate surface area is 176 Å². The molecule has 3 heterocycles. The monoisotopic (exact) mass is 401 g/mol. The van der Waals surface area contributed by atoms with E-state index in [-0.39, 0.29) is 11.0 Å². The molecule has 8 bridgehead atoms. The molecule has 1 aromatic heterocycles. The summed E-state index contributed by atoms with van der Waals surface area (Å²) in [7, 11) is 0. The van der Waals surface area contributed by atoms with Crippen molar-refractivity contribution >= 4 is 17.5 Å². The molecule has 6 unspecified atom stereocenters. The summed E-state index contributed by atoms with van der Waals surface area (Å²) in [5.74, 6) is 4.01. The van der Waals surface area contributed by atoms with Gasteiger partial charge in [-0.3, -0.25) is 4.90 Å². The highest BCUT2D eigenvalue weighted by atomic mass is 35.5. The van der Waals surface area contributed by atoms with E-state index >= 15 is 0 Å². The number of halogens is 1. The van der Waals surface area contributed by atoms with Crippen molar-refractivity contribution in [2.75, 3.05) is 4.90 Å². The fraction of sp³-hybridized carbons (Fsp3) is 0.440. The number of rotatable bonds is 1. The van der Waals surface area contributed by atoms with Gasteiger partial charge in [0.2, 0.25) is 5.95 Å². The molecule has 7 atom stereocenters. The van der Waals surface area contributed by atoms with Gasteiger partial charge in [0.25, 0.3) is 0 Å². The predicted molar refractivity (Wildman–Crippen MR) is 115 cm³/mol. The third kappa shape index (κ3) is 1.75. The first kappa shape index (κ1) is 16.6. The van der Waals surface area contributed by atoms with Crippen LogP contribution < -0.4 is 4.90 Å². The van der Waals surface area contributed by atoms with Gasteiger partial charge >= 0.3 is 0 Å². The fourth-order valence-electron chi connectivity index (χ4n) is 7.95. The molecule has 2 aliphatic heterocycles. The van der Waals surface area contributed by atoms with E-state index < -0.39 is 0 Å². The minimum absolute atomic E-state index is 0.164. The van der Waals surface area contributed by atoms with Gasteiger partial charge in [-0.05, 0) is 53.1 Å². The molecule has 1 saturated carbocycles. The molecule has 7 aliphatic rings. The van der Waals surface area contributed by atoms with E-state index in [1.165, 1.54) is 11.3 Å². The topological polar surface area (TPSA) is 29.0 Å². The maximum Gasteiger partial charge on any atom is 0.232 e. The largest absolute Gasteiger partial charge is 0.300 e. The van der Waals surface area contributed by atoms with Gasteiger partial charge in [0.05, 0.1) is 5.54 Å². The number of hydrogen-bond donors (Lipinski definition) is 0. The molecule has 4 heteroatoms. The Kier molecular flexibility index (Phi) is 2.94. The second kappa shape index (κ2) is 5.13. The van der Waals surface area contributed by atoms with Gasteiger partial charge in [0.15, 0.2) is 0 Å². The van der Waals surface area contributed by atoms with Crippen LogP contribution in [0.15, 0.2) is 72.1 Å². The fourth-order valence-corrected chi connectivity index (χ4v) is 8.08. The van der Waals surface area contributed by atoms with Gasteiger partial charge in [-0.2, -0.15) is 0 Å². The molecule has 0 N–H and O–H groups in total. The van der Waals surface area contributed by atoms with E-state index in [1.54, 1.807) is 12.3 Å². The summed E-state index contributed by atoms with van der Waals surface area (Å²) in [6.45, 7) is 5.02. The zero-order valence-corrected chi connectivity index (χ0v) is 17.4. The van der Waals surface area contributed by atoms with E-state index in [0.717, 1.165) is 12.4 Å². The predicted octanol–water partition coefficient (Wildman–Crippen LogP) is 5.35. The summed E-state index contributed by atoms with van der Waals surface area (Å²) in [5, 5.41) is 0.505. The van der Waals surface area contributed by atoms with Crippen LogP contribution in [0.5, 0.6) is 0 Å². The number of aromatic nitrogens is 2. The molecule has 5 aliphatic carbocycles. The maximum atomic E-state index is 6.34. The van der Waals surface area contributed by atoms with Crippen molar-refractivity contribution in [3.05, 3.63) is 77.3 Å². The minimum atomic E-state index is -0.164. The van der Waals surface area contributed by atoms with E-state index in [2.05, 4.69) is 67.4 Å². The first-order chi connectivity index (χ1) is 14.0. The van der Waals surface area contributed by atoms with Crippen LogP contribution in [0.25, 0.3) is 0 Å². The first-order valence-corrected chi connectivity index (χ1v) is 11.2. The average Bonchev–Trinajstić information content (AvgIpc) is 3.16. The van der Waals surface area contributed by atoms with E-state index in [9.17, 15) is 0 Å². The Balaban J connectivity index is 1.59. The molecular weight excluding hydrogens is 378 g/mol. The zero-order valence-electron chi connectivity index (χ0n) is 16.7. The molecule has 146 valence electrons. The van der Waals surface area contributed by atoms with Crippen LogP contribution in [0.3, 0.4) is 0 Å². The standard InChI is InChI=1S/C25H24ClN3/c1-24(2)19-12-16-17-7-3-4-10-25(17)18-8-5-6-14(22(18)24)15(19)13-20(16)29(25)23-27-11-9-21(26)28-23/h3-7,9-15,17-19,22H,8H2,1-2H3/t14?,15?,17?,18?,19?,22?,25-/m1/s1. The van der Waals surface area contributed by atoms with Crippen molar-refractivity contribution in [3.63, 3.8) is 0 Å². The van der Waals surface area contributed by atoms with Gasteiger partial charge in [0, 0.05) is 17.8 Å². The lowest BCUT2D eigenvalue weighted by Crippen LogP contribution is -2.58. The van der Waals surface area contributed by atoms with E-state index in [1.807, 2.05) is 0 Å². The van der Waals surface area contributed by atoms with Gasteiger partial charge in [0.1, 0.15) is 5.15 Å². The SMILES string of the molecule is CC1(C)C2C=C3C4=CC2C2C=CCC(C21)[C@]1(C=CC=CC31)N4c1nccc(Cl)n1. The molecular formula is C25H24ClN3. The average molecular weight is 402 g/mol. The molecule has 1 saturated heterocycles. The number of allylic oxidation sites excluding steroid dienone is 7. The van der Waals surface area contributed by atoms with Gasteiger partial charge in [-0.15, -0.1) is 0 Å². The molecule has 1 aromatic rings. The van der Waals surface area contributed by atoms with Crippen molar-refractivity contribution in [1.29, 1.82) is 0 Å². The molecule has 0 amide bonds. The van der Waals surface area contributed by atoms with Crippen molar-refractivity contribution < 1.29 is 0 Å². The van der Waals surface area contributed by atoms with Gasteiger partial charge in [-0.25, -0.2) is 9.97 Å². The summed E-state index contributed by atoms with van der Waals surface area (Å²) in [4.78, 5) is 11.9.